The molecule has 2 heterocycles. The van der Waals surface area contributed by atoms with E-state index in [2.05, 4.69) is 25.7 Å². The number of benzene rings is 1. The van der Waals surface area contributed by atoms with Crippen LogP contribution in [0.15, 0.2) is 49.2 Å². The van der Waals surface area contributed by atoms with Crippen molar-refractivity contribution in [3.8, 4) is 11.4 Å². The first-order valence-corrected chi connectivity index (χ1v) is 10.3. The maximum Gasteiger partial charge on any atom is 0.270 e. The van der Waals surface area contributed by atoms with Crippen molar-refractivity contribution >= 4 is 23.4 Å². The van der Waals surface area contributed by atoms with Gasteiger partial charge in [0.15, 0.2) is 6.61 Å². The summed E-state index contributed by atoms with van der Waals surface area (Å²) in [6.07, 6.45) is 6.40. The first-order chi connectivity index (χ1) is 15.4. The number of ether oxygens (including phenoxy) is 1. The number of carbonyl (C=O) groups is 2. The molecule has 0 aliphatic heterocycles. The van der Waals surface area contributed by atoms with E-state index in [4.69, 9.17) is 16.3 Å². The van der Waals surface area contributed by atoms with Crippen molar-refractivity contribution in [3.63, 3.8) is 0 Å². The number of nitrogens with one attached hydrogen (secondary N) is 2. The molecule has 0 spiro atoms. The predicted molar refractivity (Wildman–Crippen MR) is 111 cm³/mol. The number of hydrogen-bond acceptors (Lipinski definition) is 6. The first-order valence-electron chi connectivity index (χ1n) is 9.88. The van der Waals surface area contributed by atoms with Crippen LogP contribution >= 0.6 is 11.6 Å². The largest absolute Gasteiger partial charge is 0.484 e. The normalized spacial score (nSPS) is 22.9. The van der Waals surface area contributed by atoms with Crippen molar-refractivity contribution < 1.29 is 18.7 Å². The fourth-order valence-corrected chi connectivity index (χ4v) is 4.55. The second-order valence-corrected chi connectivity index (χ2v) is 8.60. The average Bonchev–Trinajstić information content (AvgIpc) is 3.27. The predicted octanol–water partition coefficient (Wildman–Crippen LogP) is 2.05. The highest BCUT2D eigenvalue weighted by atomic mass is 35.5. The molecule has 3 fully saturated rings. The van der Waals surface area contributed by atoms with Crippen LogP contribution in [0.3, 0.4) is 0 Å². The van der Waals surface area contributed by atoms with Crippen LogP contribution in [0.5, 0.6) is 5.75 Å². The number of hydrogen-bond donors (Lipinski definition) is 2. The lowest BCUT2D eigenvalue weighted by Crippen LogP contribution is -2.84. The molecule has 3 saturated carbocycles. The molecule has 164 valence electrons. The summed E-state index contributed by atoms with van der Waals surface area (Å²) in [5.74, 6) is -0.964. The van der Waals surface area contributed by atoms with Gasteiger partial charge < -0.3 is 15.4 Å². The number of rotatable bonds is 7. The minimum absolute atomic E-state index is 0.0108. The smallest absolute Gasteiger partial charge is 0.270 e. The maximum atomic E-state index is 13.4. The molecule has 6 rings (SSSR count). The molecule has 3 aliphatic carbocycles. The zero-order valence-corrected chi connectivity index (χ0v) is 17.5. The Bertz CT molecular complexity index is 1180. The molecular formula is C21H18ClFN6O3. The van der Waals surface area contributed by atoms with E-state index in [0.717, 1.165) is 6.07 Å². The van der Waals surface area contributed by atoms with Gasteiger partial charge in [-0.3, -0.25) is 14.6 Å². The zero-order valence-electron chi connectivity index (χ0n) is 16.7. The van der Waals surface area contributed by atoms with Crippen molar-refractivity contribution in [2.75, 3.05) is 6.61 Å². The van der Waals surface area contributed by atoms with Crippen LogP contribution in [0.25, 0.3) is 5.69 Å². The minimum Gasteiger partial charge on any atom is -0.484 e. The Hall–Kier alpha value is -3.53. The standard InChI is InChI=1S/C21H18ClFN6O3/c22-15-2-1-14(6-16(15)23)32-7-18(30)27-20-8-21(9-20,10-20)28-19(31)17-5-13(3-4-25-17)29-12-24-11-26-29/h1-6,11-12H,7-10H2,(H,27,30)(H,28,31). The molecule has 3 aromatic rings. The van der Waals surface area contributed by atoms with E-state index in [0.29, 0.717) is 24.9 Å². The van der Waals surface area contributed by atoms with Gasteiger partial charge in [0, 0.05) is 23.3 Å². The molecule has 3 aliphatic rings. The Kier molecular flexibility index (Phi) is 4.81. The second-order valence-electron chi connectivity index (χ2n) is 8.20. The van der Waals surface area contributed by atoms with Gasteiger partial charge in [-0.25, -0.2) is 14.1 Å². The number of aromatic nitrogens is 4. The molecule has 2 N–H and O–H groups in total. The van der Waals surface area contributed by atoms with Gasteiger partial charge in [-0.05, 0) is 43.5 Å². The van der Waals surface area contributed by atoms with Gasteiger partial charge in [0.05, 0.1) is 10.7 Å². The second kappa shape index (κ2) is 7.56. The highest BCUT2D eigenvalue weighted by molar-refractivity contribution is 6.30. The molecule has 2 aromatic heterocycles. The molecule has 2 amide bonds. The van der Waals surface area contributed by atoms with Gasteiger partial charge in [0.2, 0.25) is 0 Å². The summed E-state index contributed by atoms with van der Waals surface area (Å²) in [4.78, 5) is 32.9. The molecule has 0 unspecified atom stereocenters. The maximum absolute atomic E-state index is 13.4. The van der Waals surface area contributed by atoms with Gasteiger partial charge in [-0.15, -0.1) is 0 Å². The van der Waals surface area contributed by atoms with Crippen LogP contribution in [-0.4, -0.2) is 49.2 Å². The molecule has 0 atom stereocenters. The minimum atomic E-state index is -0.608. The highest BCUT2D eigenvalue weighted by Gasteiger charge is 2.69. The molecule has 32 heavy (non-hydrogen) atoms. The van der Waals surface area contributed by atoms with Gasteiger partial charge in [-0.1, -0.05) is 11.6 Å². The Labute approximate surface area is 187 Å². The number of pyridine rings is 1. The molecule has 1 aromatic carbocycles. The summed E-state index contributed by atoms with van der Waals surface area (Å²) < 4.78 is 20.3. The Morgan fingerprint density at radius 2 is 1.94 bits per heavy atom. The topological polar surface area (TPSA) is 111 Å². The molecule has 2 bridgehead atoms. The summed E-state index contributed by atoms with van der Waals surface area (Å²) in [6.45, 7) is -0.235. The van der Waals surface area contributed by atoms with Gasteiger partial charge in [0.25, 0.3) is 11.8 Å². The monoisotopic (exact) mass is 456 g/mol. The molecule has 0 radical (unpaired) electrons. The summed E-state index contributed by atoms with van der Waals surface area (Å²) in [5, 5.41) is 10.0. The summed E-state index contributed by atoms with van der Waals surface area (Å²) >= 11 is 5.63. The van der Waals surface area contributed by atoms with Crippen molar-refractivity contribution in [3.05, 3.63) is 65.7 Å². The third kappa shape index (κ3) is 3.77. The van der Waals surface area contributed by atoms with Crippen molar-refractivity contribution in [1.82, 2.24) is 30.4 Å². The van der Waals surface area contributed by atoms with Gasteiger partial charge in [-0.2, -0.15) is 5.10 Å². The Balaban J connectivity index is 1.12. The number of nitrogens with zero attached hydrogens (tertiary/aromatic N) is 4. The lowest BCUT2D eigenvalue weighted by Gasteiger charge is -2.70. The Morgan fingerprint density at radius 3 is 2.66 bits per heavy atom. The van der Waals surface area contributed by atoms with E-state index in [1.165, 1.54) is 24.8 Å². The third-order valence-corrected chi connectivity index (χ3v) is 6.04. The zero-order chi connectivity index (χ0) is 22.3. The lowest BCUT2D eigenvalue weighted by molar-refractivity contribution is -0.141. The first kappa shape index (κ1) is 20.4. The van der Waals surface area contributed by atoms with Gasteiger partial charge >= 0.3 is 0 Å². The molecule has 0 saturated heterocycles. The van der Waals surface area contributed by atoms with Crippen LogP contribution in [-0.2, 0) is 4.79 Å². The van der Waals surface area contributed by atoms with E-state index in [1.807, 2.05) is 0 Å². The Morgan fingerprint density at radius 1 is 1.16 bits per heavy atom. The van der Waals surface area contributed by atoms with Crippen LogP contribution in [0, 0.1) is 5.82 Å². The van der Waals surface area contributed by atoms with E-state index in [9.17, 15) is 14.0 Å². The number of carbonyl (C=O) groups excluding carboxylic acids is 2. The van der Waals surface area contributed by atoms with E-state index in [1.54, 1.807) is 23.0 Å². The third-order valence-electron chi connectivity index (χ3n) is 5.73. The molecule has 9 nitrogen and oxygen atoms in total. The van der Waals surface area contributed by atoms with Crippen LogP contribution in [0.4, 0.5) is 4.39 Å². The van der Waals surface area contributed by atoms with Crippen LogP contribution in [0.1, 0.15) is 29.8 Å². The summed E-state index contributed by atoms with van der Waals surface area (Å²) in [6, 6.07) is 7.37. The van der Waals surface area contributed by atoms with E-state index < -0.39 is 5.82 Å². The molecular weight excluding hydrogens is 439 g/mol. The van der Waals surface area contributed by atoms with Crippen molar-refractivity contribution in [1.29, 1.82) is 0 Å². The molecule has 11 heteroatoms. The average molecular weight is 457 g/mol. The quantitative estimate of drug-likeness (QED) is 0.563. The lowest BCUT2D eigenvalue weighted by atomic mass is 9.44. The number of halogens is 2. The van der Waals surface area contributed by atoms with Gasteiger partial charge in [0.1, 0.15) is 29.9 Å². The van der Waals surface area contributed by atoms with Crippen molar-refractivity contribution in [2.45, 2.75) is 30.3 Å². The fourth-order valence-electron chi connectivity index (χ4n) is 4.43. The fraction of sp³-hybridized carbons (Fsp3) is 0.286. The summed E-state index contributed by atoms with van der Waals surface area (Å²) in [7, 11) is 0. The van der Waals surface area contributed by atoms with E-state index >= 15 is 0 Å². The van der Waals surface area contributed by atoms with Crippen LogP contribution in [0.2, 0.25) is 5.02 Å². The summed E-state index contributed by atoms with van der Waals surface area (Å²) in [5.41, 5.74) is 0.290. The highest BCUT2D eigenvalue weighted by Crippen LogP contribution is 2.60. The SMILES string of the molecule is O=C(COc1ccc(Cl)c(F)c1)NC12CC(NC(=O)c3cc(-n4cncn4)ccn3)(C1)C2. The van der Waals surface area contributed by atoms with E-state index in [-0.39, 0.29) is 46.0 Å². The van der Waals surface area contributed by atoms with Crippen molar-refractivity contribution in [2.24, 2.45) is 0 Å². The van der Waals surface area contributed by atoms with Crippen LogP contribution < -0.4 is 15.4 Å². The number of amides is 2.